The van der Waals surface area contributed by atoms with E-state index in [0.717, 1.165) is 22.3 Å². The molecule has 9 heteroatoms. The maximum absolute atomic E-state index is 12.8. The van der Waals surface area contributed by atoms with Crippen LogP contribution in [0.5, 0.6) is 0 Å². The van der Waals surface area contributed by atoms with Gasteiger partial charge in [-0.25, -0.2) is 4.79 Å². The normalized spacial score (nSPS) is 16.6. The highest BCUT2D eigenvalue weighted by Crippen LogP contribution is 2.44. The van der Waals surface area contributed by atoms with Gasteiger partial charge < -0.3 is 20.1 Å². The molecular formula is C26H26N4O5. The van der Waals surface area contributed by atoms with E-state index >= 15 is 0 Å². The molecule has 1 aliphatic heterocycles. The van der Waals surface area contributed by atoms with Crippen LogP contribution in [0.25, 0.3) is 11.1 Å². The van der Waals surface area contributed by atoms with Crippen LogP contribution >= 0.6 is 0 Å². The molecule has 9 nitrogen and oxygen atoms in total. The molecule has 0 radical (unpaired) electrons. The summed E-state index contributed by atoms with van der Waals surface area (Å²) >= 11 is 0. The number of carbonyl (C=O) groups is 3. The number of carboxylic acids is 1. The van der Waals surface area contributed by atoms with Gasteiger partial charge in [0.15, 0.2) is 0 Å². The van der Waals surface area contributed by atoms with Gasteiger partial charge in [-0.2, -0.15) is 5.10 Å². The highest BCUT2D eigenvalue weighted by molar-refractivity contribution is 5.93. The Balaban J connectivity index is 1.18. The average Bonchev–Trinajstić information content (AvgIpc) is 3.57. The minimum atomic E-state index is -0.890. The SMILES string of the molecule is Cn1nc(CNC(=O)OCC2c3ccccc3-c3ccccc32)cc1C(=O)N1CCC(C(=O)O)C1. The molecule has 2 heterocycles. The Kier molecular flexibility index (Phi) is 5.98. The quantitative estimate of drug-likeness (QED) is 0.568. The monoisotopic (exact) mass is 474 g/mol. The third kappa shape index (κ3) is 4.37. The molecule has 0 spiro atoms. The average molecular weight is 475 g/mol. The van der Waals surface area contributed by atoms with Crippen LogP contribution in [0.1, 0.15) is 39.6 Å². The summed E-state index contributed by atoms with van der Waals surface area (Å²) in [4.78, 5) is 37.9. The van der Waals surface area contributed by atoms with Crippen molar-refractivity contribution in [3.63, 3.8) is 0 Å². The van der Waals surface area contributed by atoms with E-state index in [4.69, 9.17) is 9.84 Å². The highest BCUT2D eigenvalue weighted by Gasteiger charge is 2.33. The second-order valence-electron chi connectivity index (χ2n) is 8.90. The number of benzene rings is 2. The number of ether oxygens (including phenoxy) is 1. The lowest BCUT2D eigenvalue weighted by Crippen LogP contribution is -2.31. The topological polar surface area (TPSA) is 114 Å². The molecular weight excluding hydrogens is 448 g/mol. The van der Waals surface area contributed by atoms with Gasteiger partial charge in [0.25, 0.3) is 5.91 Å². The molecule has 1 fully saturated rings. The third-order valence-corrected chi connectivity index (χ3v) is 6.73. The number of aliphatic carboxylic acids is 1. The third-order valence-electron chi connectivity index (χ3n) is 6.73. The van der Waals surface area contributed by atoms with Crippen LogP contribution in [0.2, 0.25) is 0 Å². The van der Waals surface area contributed by atoms with Crippen LogP contribution < -0.4 is 5.32 Å². The number of hydrogen-bond acceptors (Lipinski definition) is 5. The van der Waals surface area contributed by atoms with Gasteiger partial charge in [-0.05, 0) is 34.7 Å². The van der Waals surface area contributed by atoms with Gasteiger partial charge in [-0.15, -0.1) is 0 Å². The van der Waals surface area contributed by atoms with Crippen molar-refractivity contribution in [3.8, 4) is 11.1 Å². The Morgan fingerprint density at radius 3 is 2.37 bits per heavy atom. The van der Waals surface area contributed by atoms with E-state index in [1.54, 1.807) is 13.1 Å². The zero-order valence-corrected chi connectivity index (χ0v) is 19.3. The van der Waals surface area contributed by atoms with Crippen molar-refractivity contribution in [2.45, 2.75) is 18.9 Å². The minimum Gasteiger partial charge on any atom is -0.481 e. The molecule has 1 aromatic heterocycles. The molecule has 2 amide bonds. The Labute approximate surface area is 202 Å². The first-order chi connectivity index (χ1) is 16.9. The van der Waals surface area contributed by atoms with Crippen LogP contribution in [0, 0.1) is 5.92 Å². The van der Waals surface area contributed by atoms with Gasteiger partial charge in [0.2, 0.25) is 0 Å². The summed E-state index contributed by atoms with van der Waals surface area (Å²) in [5, 5.41) is 16.2. The summed E-state index contributed by atoms with van der Waals surface area (Å²) in [6, 6.07) is 17.9. The predicted octanol–water partition coefficient (Wildman–Crippen LogP) is 3.01. The number of likely N-dealkylation sites (tertiary alicyclic amines) is 1. The number of hydrogen-bond donors (Lipinski definition) is 2. The molecule has 5 rings (SSSR count). The van der Waals surface area contributed by atoms with Gasteiger partial charge >= 0.3 is 12.1 Å². The predicted molar refractivity (Wildman–Crippen MR) is 127 cm³/mol. The maximum Gasteiger partial charge on any atom is 0.407 e. The number of aromatic nitrogens is 2. The molecule has 1 unspecified atom stereocenters. The summed E-state index contributed by atoms with van der Waals surface area (Å²) in [5.74, 6) is -1.72. The molecule has 35 heavy (non-hydrogen) atoms. The van der Waals surface area contributed by atoms with E-state index in [2.05, 4.69) is 34.7 Å². The lowest BCUT2D eigenvalue weighted by atomic mass is 9.98. The van der Waals surface area contributed by atoms with Crippen LogP contribution in [-0.2, 0) is 23.1 Å². The summed E-state index contributed by atoms with van der Waals surface area (Å²) in [5.41, 5.74) is 5.47. The van der Waals surface area contributed by atoms with Crippen LogP contribution in [0.4, 0.5) is 4.79 Å². The molecule has 1 saturated heterocycles. The van der Waals surface area contributed by atoms with Gasteiger partial charge in [-0.3, -0.25) is 14.3 Å². The number of nitrogens with one attached hydrogen (secondary N) is 1. The second-order valence-corrected chi connectivity index (χ2v) is 8.90. The first kappa shape index (κ1) is 22.6. The number of alkyl carbamates (subject to hydrolysis) is 1. The maximum atomic E-state index is 12.8. The Bertz CT molecular complexity index is 1250. The van der Waals surface area contributed by atoms with Gasteiger partial charge in [0.05, 0.1) is 18.2 Å². The number of fused-ring (bicyclic) bond motifs is 3. The van der Waals surface area contributed by atoms with Gasteiger partial charge in [-0.1, -0.05) is 48.5 Å². The van der Waals surface area contributed by atoms with E-state index in [0.29, 0.717) is 24.4 Å². The van der Waals surface area contributed by atoms with Crippen LogP contribution in [0.15, 0.2) is 54.6 Å². The van der Waals surface area contributed by atoms with E-state index in [9.17, 15) is 14.4 Å². The zero-order chi connectivity index (χ0) is 24.5. The van der Waals surface area contributed by atoms with E-state index < -0.39 is 18.0 Å². The lowest BCUT2D eigenvalue weighted by molar-refractivity contribution is -0.141. The minimum absolute atomic E-state index is 0.0256. The fourth-order valence-electron chi connectivity index (χ4n) is 4.93. The van der Waals surface area contributed by atoms with Crippen LogP contribution in [0.3, 0.4) is 0 Å². The second kappa shape index (κ2) is 9.25. The first-order valence-corrected chi connectivity index (χ1v) is 11.6. The number of carbonyl (C=O) groups excluding carboxylic acids is 2. The van der Waals surface area contributed by atoms with Crippen molar-refractivity contribution >= 4 is 18.0 Å². The van der Waals surface area contributed by atoms with Crippen molar-refractivity contribution in [1.29, 1.82) is 0 Å². The molecule has 1 atom stereocenters. The Morgan fingerprint density at radius 2 is 1.74 bits per heavy atom. The molecule has 0 saturated carbocycles. The Morgan fingerprint density at radius 1 is 1.09 bits per heavy atom. The molecule has 0 bridgehead atoms. The van der Waals surface area contributed by atoms with E-state index in [1.165, 1.54) is 9.58 Å². The number of rotatable bonds is 6. The molecule has 1 aliphatic carbocycles. The summed E-state index contributed by atoms with van der Waals surface area (Å²) in [6.07, 6.45) is -0.121. The number of nitrogens with zero attached hydrogens (tertiary/aromatic N) is 3. The van der Waals surface area contributed by atoms with Crippen LogP contribution in [-0.4, -0.2) is 57.5 Å². The van der Waals surface area contributed by atoms with Crippen molar-refractivity contribution in [1.82, 2.24) is 20.0 Å². The first-order valence-electron chi connectivity index (χ1n) is 11.6. The number of amides is 2. The summed E-state index contributed by atoms with van der Waals surface area (Å²) < 4.78 is 7.00. The smallest absolute Gasteiger partial charge is 0.407 e. The molecule has 180 valence electrons. The zero-order valence-electron chi connectivity index (χ0n) is 19.3. The lowest BCUT2D eigenvalue weighted by Gasteiger charge is -2.15. The van der Waals surface area contributed by atoms with Crippen molar-refractivity contribution in [2.24, 2.45) is 13.0 Å². The number of aryl methyl sites for hydroxylation is 1. The van der Waals surface area contributed by atoms with Crippen molar-refractivity contribution < 1.29 is 24.2 Å². The largest absolute Gasteiger partial charge is 0.481 e. The van der Waals surface area contributed by atoms with Crippen molar-refractivity contribution in [3.05, 3.63) is 77.1 Å². The molecule has 2 aliphatic rings. The standard InChI is InChI=1S/C26H26N4O5/c1-29-23(24(31)30-11-10-16(14-30)25(32)33)12-17(28-29)13-27-26(34)35-15-22-20-8-4-2-6-18(20)19-7-3-5-9-21(19)22/h2-9,12,16,22H,10-11,13-15H2,1H3,(H,27,34)(H,32,33). The fourth-order valence-corrected chi connectivity index (χ4v) is 4.93. The number of carboxylic acid groups (broad SMARTS) is 1. The fraction of sp³-hybridized carbons (Fsp3) is 0.308. The van der Waals surface area contributed by atoms with E-state index in [-0.39, 0.29) is 31.5 Å². The van der Waals surface area contributed by atoms with Gasteiger partial charge in [0.1, 0.15) is 12.3 Å². The van der Waals surface area contributed by atoms with Gasteiger partial charge in [0, 0.05) is 26.1 Å². The summed E-state index contributed by atoms with van der Waals surface area (Å²) in [6.45, 7) is 0.905. The molecule has 3 aromatic rings. The van der Waals surface area contributed by atoms with E-state index in [1.807, 2.05) is 24.3 Å². The van der Waals surface area contributed by atoms with Crippen molar-refractivity contribution in [2.75, 3.05) is 19.7 Å². The highest BCUT2D eigenvalue weighted by atomic mass is 16.5. The molecule has 2 aromatic carbocycles. The summed E-state index contributed by atoms with van der Waals surface area (Å²) in [7, 11) is 1.65. The Hall–Kier alpha value is -4.14. The molecule has 2 N–H and O–H groups in total.